The van der Waals surface area contributed by atoms with E-state index in [1.54, 1.807) is 34.9 Å². The predicted molar refractivity (Wildman–Crippen MR) is 145 cm³/mol. The molecule has 1 amide bonds. The number of alkyl halides is 3. The van der Waals surface area contributed by atoms with Gasteiger partial charge < -0.3 is 14.8 Å². The summed E-state index contributed by atoms with van der Waals surface area (Å²) < 4.78 is 44.3. The molecule has 2 heterocycles. The number of benzene rings is 2. The van der Waals surface area contributed by atoms with E-state index in [0.29, 0.717) is 35.7 Å². The van der Waals surface area contributed by atoms with Crippen LogP contribution in [0.2, 0.25) is 0 Å². The molecule has 0 spiro atoms. The molecule has 0 aliphatic heterocycles. The second-order valence-corrected chi connectivity index (χ2v) is 9.37. The molecule has 2 aromatic heterocycles. The lowest BCUT2D eigenvalue weighted by molar-refractivity contribution is -0.137. The maximum atomic E-state index is 14.0. The first-order valence-corrected chi connectivity index (χ1v) is 12.0. The van der Waals surface area contributed by atoms with Crippen molar-refractivity contribution in [3.8, 4) is 28.3 Å². The lowest BCUT2D eigenvalue weighted by Crippen LogP contribution is -2.31. The van der Waals surface area contributed by atoms with Gasteiger partial charge in [-0.25, -0.2) is 0 Å². The number of carbonyl (C=O) groups excluding carboxylic acids is 1. The van der Waals surface area contributed by atoms with E-state index in [1.807, 2.05) is 43.3 Å². The monoisotopic (exact) mass is 592 g/mol. The van der Waals surface area contributed by atoms with Gasteiger partial charge in [-0.2, -0.15) is 13.2 Å². The first-order valence-electron chi connectivity index (χ1n) is 11.2. The van der Waals surface area contributed by atoms with Crippen molar-refractivity contribution in [1.82, 2.24) is 19.8 Å². The average molecular weight is 594 g/mol. The molecule has 0 aliphatic carbocycles. The van der Waals surface area contributed by atoms with Crippen molar-refractivity contribution in [3.05, 3.63) is 94.6 Å². The van der Waals surface area contributed by atoms with Crippen LogP contribution in [-0.2, 0) is 6.18 Å². The summed E-state index contributed by atoms with van der Waals surface area (Å²) in [7, 11) is 3.83. The van der Waals surface area contributed by atoms with Gasteiger partial charge in [-0.05, 0) is 68.2 Å². The third kappa shape index (κ3) is 6.60. The molecule has 1 N–H and O–H groups in total. The second kappa shape index (κ2) is 11.9. The number of halogens is 5. The molecule has 0 radical (unpaired) electrons. The Kier molecular flexibility index (Phi) is 9.17. The smallest absolute Gasteiger partial charge is 0.351 e. The van der Waals surface area contributed by atoms with Crippen LogP contribution in [0.4, 0.5) is 13.2 Å². The summed E-state index contributed by atoms with van der Waals surface area (Å²) >= 11 is 3.40. The van der Waals surface area contributed by atoms with Crippen molar-refractivity contribution in [3.63, 3.8) is 0 Å². The molecule has 4 aromatic rings. The maximum Gasteiger partial charge on any atom is 0.418 e. The summed E-state index contributed by atoms with van der Waals surface area (Å²) in [5.74, 6) is -0.260. The number of hydrogen-bond acceptors (Lipinski definition) is 3. The standard InChI is InChI=1S/C27H24BrF3N4O.ClH/c1-34(2)16-15-32-26(36)19-9-12-22(33-17-19)25-14-13-23(18-7-10-20(28)11-8-18)35(25)24-6-4-3-5-21(24)27(29,30)31;/h3-14,17H,15-16H2,1-2H3,(H,32,36);1H. The Labute approximate surface area is 227 Å². The lowest BCUT2D eigenvalue weighted by atomic mass is 10.1. The van der Waals surface area contributed by atoms with Crippen molar-refractivity contribution in [2.75, 3.05) is 27.2 Å². The number of rotatable bonds is 7. The molecule has 10 heteroatoms. The van der Waals surface area contributed by atoms with Crippen LogP contribution in [0.5, 0.6) is 0 Å². The van der Waals surface area contributed by atoms with Crippen LogP contribution >= 0.6 is 28.3 Å². The summed E-state index contributed by atoms with van der Waals surface area (Å²) in [4.78, 5) is 18.8. The largest absolute Gasteiger partial charge is 0.418 e. The highest BCUT2D eigenvalue weighted by atomic mass is 79.9. The third-order valence-electron chi connectivity index (χ3n) is 5.60. The Morgan fingerprint density at radius 2 is 1.65 bits per heavy atom. The summed E-state index contributed by atoms with van der Waals surface area (Å²) in [5, 5.41) is 2.83. The number of para-hydroxylation sites is 1. The third-order valence-corrected chi connectivity index (χ3v) is 6.13. The minimum absolute atomic E-state index is 0. The molecule has 0 atom stereocenters. The minimum atomic E-state index is -4.54. The molecule has 0 saturated carbocycles. The van der Waals surface area contributed by atoms with Gasteiger partial charge in [0, 0.05) is 23.8 Å². The highest BCUT2D eigenvalue weighted by Gasteiger charge is 2.34. The number of pyridine rings is 1. The van der Waals surface area contributed by atoms with Gasteiger partial charge in [0.05, 0.1) is 33.9 Å². The molecule has 194 valence electrons. The first-order chi connectivity index (χ1) is 17.1. The number of amides is 1. The number of likely N-dealkylation sites (N-methyl/N-ethyl adjacent to an activating group) is 1. The molecule has 0 aliphatic rings. The van der Waals surface area contributed by atoms with Gasteiger partial charge in [0.1, 0.15) is 0 Å². The molecule has 2 aromatic carbocycles. The zero-order valence-corrected chi connectivity index (χ0v) is 22.5. The predicted octanol–water partition coefficient (Wildman–Crippen LogP) is 6.70. The topological polar surface area (TPSA) is 50.2 Å². The van der Waals surface area contributed by atoms with Gasteiger partial charge in [-0.1, -0.05) is 40.2 Å². The lowest BCUT2D eigenvalue weighted by Gasteiger charge is -2.19. The molecule has 0 fully saturated rings. The Morgan fingerprint density at radius 3 is 2.27 bits per heavy atom. The molecular weight excluding hydrogens is 569 g/mol. The zero-order valence-electron chi connectivity index (χ0n) is 20.1. The highest BCUT2D eigenvalue weighted by molar-refractivity contribution is 9.10. The van der Waals surface area contributed by atoms with Gasteiger partial charge in [0.2, 0.25) is 0 Å². The Morgan fingerprint density at radius 1 is 0.973 bits per heavy atom. The van der Waals surface area contributed by atoms with Gasteiger partial charge in [0.25, 0.3) is 5.91 Å². The second-order valence-electron chi connectivity index (χ2n) is 8.45. The van der Waals surface area contributed by atoms with Crippen LogP contribution in [0.3, 0.4) is 0 Å². The van der Waals surface area contributed by atoms with Crippen LogP contribution in [0, 0.1) is 0 Å². The van der Waals surface area contributed by atoms with Gasteiger partial charge >= 0.3 is 6.18 Å². The van der Waals surface area contributed by atoms with Crippen molar-refractivity contribution < 1.29 is 18.0 Å². The quantitative estimate of drug-likeness (QED) is 0.259. The maximum absolute atomic E-state index is 14.0. The number of carbonyl (C=O) groups is 1. The highest BCUT2D eigenvalue weighted by Crippen LogP contribution is 2.39. The van der Waals surface area contributed by atoms with Crippen molar-refractivity contribution >= 4 is 34.2 Å². The Hall–Kier alpha value is -3.14. The SMILES string of the molecule is CN(C)CCNC(=O)c1ccc(-c2ccc(-c3ccc(Br)cc3)n2-c2ccccc2C(F)(F)F)nc1.Cl. The molecule has 5 nitrogen and oxygen atoms in total. The summed E-state index contributed by atoms with van der Waals surface area (Å²) in [6.07, 6.45) is -3.11. The molecule has 37 heavy (non-hydrogen) atoms. The van der Waals surface area contributed by atoms with E-state index >= 15 is 0 Å². The minimum Gasteiger partial charge on any atom is -0.351 e. The van der Waals surface area contributed by atoms with Crippen LogP contribution in [0.25, 0.3) is 28.3 Å². The van der Waals surface area contributed by atoms with Gasteiger partial charge in [0.15, 0.2) is 0 Å². The van der Waals surface area contributed by atoms with Crippen LogP contribution < -0.4 is 5.32 Å². The number of nitrogens with zero attached hydrogens (tertiary/aromatic N) is 3. The fourth-order valence-electron chi connectivity index (χ4n) is 3.83. The molecule has 0 unspecified atom stereocenters. The van der Waals surface area contributed by atoms with E-state index < -0.39 is 11.7 Å². The molecule has 4 rings (SSSR count). The van der Waals surface area contributed by atoms with Crippen LogP contribution in [0.1, 0.15) is 15.9 Å². The van der Waals surface area contributed by atoms with E-state index in [0.717, 1.165) is 16.1 Å². The fourth-order valence-corrected chi connectivity index (χ4v) is 4.09. The van der Waals surface area contributed by atoms with E-state index in [4.69, 9.17) is 0 Å². The van der Waals surface area contributed by atoms with Gasteiger partial charge in [-0.15, -0.1) is 12.4 Å². The summed E-state index contributed by atoms with van der Waals surface area (Å²) in [5.41, 5.74) is 1.87. The van der Waals surface area contributed by atoms with Crippen LogP contribution in [0.15, 0.2) is 83.5 Å². The Bertz CT molecular complexity index is 1350. The van der Waals surface area contributed by atoms with E-state index in [2.05, 4.69) is 26.2 Å². The van der Waals surface area contributed by atoms with E-state index in [1.165, 1.54) is 18.3 Å². The average Bonchev–Trinajstić information content (AvgIpc) is 3.29. The molecular formula is C27H25BrClF3N4O. The number of hydrogen-bond donors (Lipinski definition) is 1. The van der Waals surface area contributed by atoms with Crippen molar-refractivity contribution in [1.29, 1.82) is 0 Å². The van der Waals surface area contributed by atoms with Gasteiger partial charge in [-0.3, -0.25) is 9.78 Å². The summed E-state index contributed by atoms with van der Waals surface area (Å²) in [6, 6.07) is 19.6. The van der Waals surface area contributed by atoms with Crippen LogP contribution in [-0.4, -0.2) is 47.5 Å². The van der Waals surface area contributed by atoms with E-state index in [-0.39, 0.29) is 24.0 Å². The summed E-state index contributed by atoms with van der Waals surface area (Å²) in [6.45, 7) is 1.18. The van der Waals surface area contributed by atoms with Crippen molar-refractivity contribution in [2.45, 2.75) is 6.18 Å². The molecule has 0 saturated heterocycles. The fraction of sp³-hybridized carbons (Fsp3) is 0.185. The number of aromatic nitrogens is 2. The zero-order chi connectivity index (χ0) is 25.9. The first kappa shape index (κ1) is 28.4. The normalized spacial score (nSPS) is 11.3. The number of nitrogens with one attached hydrogen (secondary N) is 1. The Balaban J connectivity index is 0.00000380. The van der Waals surface area contributed by atoms with E-state index in [9.17, 15) is 18.0 Å². The molecule has 0 bridgehead atoms. The van der Waals surface area contributed by atoms with Crippen molar-refractivity contribution in [2.24, 2.45) is 0 Å².